The van der Waals surface area contributed by atoms with Crippen LogP contribution in [0.5, 0.6) is 11.5 Å². The Morgan fingerprint density at radius 2 is 1.76 bits per heavy atom. The molecule has 1 saturated carbocycles. The molecule has 1 aliphatic carbocycles. The first-order valence-electron chi connectivity index (χ1n) is 12.7. The fraction of sp³-hybridized carbons (Fsp3) is 0.310. The molecule has 5 rings (SSSR count). The maximum atomic E-state index is 12.6. The SMILES string of the molecule is Cc1cc(Nc2ncnc3cnc(N(C)C)cc23)ccc1Oc1ccc(C(=O)NC2CCCCC2)cc1. The van der Waals surface area contributed by atoms with Crippen LogP contribution in [0.4, 0.5) is 17.3 Å². The number of benzene rings is 2. The average Bonchev–Trinajstić information content (AvgIpc) is 2.91. The van der Waals surface area contributed by atoms with Crippen LogP contribution in [-0.2, 0) is 0 Å². The second kappa shape index (κ2) is 10.8. The number of hydrogen-bond acceptors (Lipinski definition) is 7. The molecule has 8 heteroatoms. The second-order valence-electron chi connectivity index (χ2n) is 9.72. The highest BCUT2D eigenvalue weighted by atomic mass is 16.5. The summed E-state index contributed by atoms with van der Waals surface area (Å²) in [6.45, 7) is 2.00. The van der Waals surface area contributed by atoms with Gasteiger partial charge in [-0.05, 0) is 73.9 Å². The number of aromatic nitrogens is 3. The van der Waals surface area contributed by atoms with Gasteiger partial charge in [0.15, 0.2) is 0 Å². The van der Waals surface area contributed by atoms with E-state index in [-0.39, 0.29) is 5.91 Å². The summed E-state index contributed by atoms with van der Waals surface area (Å²) in [5.41, 5.74) is 3.29. The molecule has 0 atom stereocenters. The van der Waals surface area contributed by atoms with Crippen molar-refractivity contribution in [1.29, 1.82) is 0 Å². The van der Waals surface area contributed by atoms with Crippen molar-refractivity contribution in [1.82, 2.24) is 20.3 Å². The summed E-state index contributed by atoms with van der Waals surface area (Å²) in [6.07, 6.45) is 9.07. The normalized spacial score (nSPS) is 13.8. The lowest BCUT2D eigenvalue weighted by Gasteiger charge is -2.22. The van der Waals surface area contributed by atoms with Crippen LogP contribution >= 0.6 is 0 Å². The van der Waals surface area contributed by atoms with Gasteiger partial charge in [-0.2, -0.15) is 0 Å². The van der Waals surface area contributed by atoms with Crippen LogP contribution in [0.15, 0.2) is 61.1 Å². The smallest absolute Gasteiger partial charge is 0.251 e. The van der Waals surface area contributed by atoms with Crippen molar-refractivity contribution in [3.05, 3.63) is 72.2 Å². The Kier molecular flexibility index (Phi) is 7.16. The highest BCUT2D eigenvalue weighted by Crippen LogP contribution is 2.30. The summed E-state index contributed by atoms with van der Waals surface area (Å²) in [5.74, 6) is 2.96. The van der Waals surface area contributed by atoms with Crippen LogP contribution in [0.3, 0.4) is 0 Å². The molecule has 1 aliphatic rings. The number of anilines is 3. The maximum absolute atomic E-state index is 12.6. The zero-order chi connectivity index (χ0) is 25.8. The van der Waals surface area contributed by atoms with Crippen molar-refractivity contribution in [3.8, 4) is 11.5 Å². The van der Waals surface area contributed by atoms with Gasteiger partial charge in [-0.15, -0.1) is 0 Å². The van der Waals surface area contributed by atoms with Gasteiger partial charge in [0.05, 0.1) is 11.7 Å². The number of carbonyl (C=O) groups is 1. The first-order chi connectivity index (χ1) is 18.0. The molecule has 0 unspecified atom stereocenters. The minimum atomic E-state index is -0.0178. The van der Waals surface area contributed by atoms with Crippen LogP contribution < -0.4 is 20.3 Å². The lowest BCUT2D eigenvalue weighted by atomic mass is 9.95. The van der Waals surface area contributed by atoms with Crippen molar-refractivity contribution in [2.75, 3.05) is 24.3 Å². The third kappa shape index (κ3) is 5.80. The van der Waals surface area contributed by atoms with E-state index in [1.165, 1.54) is 25.6 Å². The van der Waals surface area contributed by atoms with E-state index in [2.05, 4.69) is 25.6 Å². The Bertz CT molecular complexity index is 1400. The molecule has 2 aromatic heterocycles. The van der Waals surface area contributed by atoms with Crippen LogP contribution in [0.2, 0.25) is 0 Å². The Morgan fingerprint density at radius 1 is 0.973 bits per heavy atom. The monoisotopic (exact) mass is 496 g/mol. The third-order valence-electron chi connectivity index (χ3n) is 6.69. The Hall–Kier alpha value is -4.20. The van der Waals surface area contributed by atoms with Gasteiger partial charge in [0.1, 0.15) is 29.5 Å². The van der Waals surface area contributed by atoms with E-state index in [1.807, 2.05) is 74.4 Å². The number of ether oxygens (including phenoxy) is 1. The molecule has 1 fully saturated rings. The fourth-order valence-electron chi connectivity index (χ4n) is 4.59. The molecule has 2 heterocycles. The molecule has 0 spiro atoms. The highest BCUT2D eigenvalue weighted by molar-refractivity contribution is 5.94. The zero-order valence-electron chi connectivity index (χ0n) is 21.5. The number of rotatable bonds is 7. The Balaban J connectivity index is 1.26. The van der Waals surface area contributed by atoms with E-state index < -0.39 is 0 Å². The van der Waals surface area contributed by atoms with Crippen molar-refractivity contribution >= 4 is 34.1 Å². The summed E-state index contributed by atoms with van der Waals surface area (Å²) in [7, 11) is 3.90. The van der Waals surface area contributed by atoms with Gasteiger partial charge in [-0.1, -0.05) is 19.3 Å². The quantitative estimate of drug-likeness (QED) is 0.324. The Labute approximate surface area is 217 Å². The van der Waals surface area contributed by atoms with E-state index in [0.29, 0.717) is 23.2 Å². The lowest BCUT2D eigenvalue weighted by molar-refractivity contribution is 0.0927. The molecule has 2 aromatic carbocycles. The number of amides is 1. The number of aryl methyl sites for hydroxylation is 1. The maximum Gasteiger partial charge on any atom is 0.251 e. The minimum Gasteiger partial charge on any atom is -0.457 e. The summed E-state index contributed by atoms with van der Waals surface area (Å²) in [4.78, 5) is 27.7. The summed E-state index contributed by atoms with van der Waals surface area (Å²) in [5, 5.41) is 7.45. The van der Waals surface area contributed by atoms with Crippen LogP contribution in [0, 0.1) is 6.92 Å². The summed E-state index contributed by atoms with van der Waals surface area (Å²) >= 11 is 0. The number of fused-ring (bicyclic) bond motifs is 1. The predicted molar refractivity (Wildman–Crippen MR) is 147 cm³/mol. The standard InChI is InChI=1S/C29H32N6O2/c1-19-15-22(33-28-24-16-27(35(2)3)30-17-25(24)31-18-32-28)11-14-26(19)37-23-12-9-20(10-13-23)29(36)34-21-7-5-4-6-8-21/h9-18,21H,4-8H2,1-3H3,(H,34,36)(H,31,32,33). The average molecular weight is 497 g/mol. The topological polar surface area (TPSA) is 92.3 Å². The molecule has 4 aromatic rings. The van der Waals surface area contributed by atoms with Gasteiger partial charge < -0.3 is 20.3 Å². The molecule has 0 bridgehead atoms. The van der Waals surface area contributed by atoms with Gasteiger partial charge in [-0.25, -0.2) is 15.0 Å². The van der Waals surface area contributed by atoms with Crippen molar-refractivity contribution in [2.24, 2.45) is 0 Å². The molecule has 1 amide bonds. The molecule has 2 N–H and O–H groups in total. The Morgan fingerprint density at radius 3 is 2.49 bits per heavy atom. The second-order valence-corrected chi connectivity index (χ2v) is 9.72. The molecule has 0 radical (unpaired) electrons. The van der Waals surface area contributed by atoms with Crippen molar-refractivity contribution in [2.45, 2.75) is 45.1 Å². The minimum absolute atomic E-state index is 0.0178. The van der Waals surface area contributed by atoms with Gasteiger partial charge >= 0.3 is 0 Å². The van der Waals surface area contributed by atoms with Crippen LogP contribution in [0.1, 0.15) is 48.0 Å². The number of nitrogens with one attached hydrogen (secondary N) is 2. The molecule has 0 saturated heterocycles. The summed E-state index contributed by atoms with van der Waals surface area (Å²) in [6, 6.07) is 15.5. The molecule has 0 aliphatic heterocycles. The van der Waals surface area contributed by atoms with Gasteiger partial charge in [0.2, 0.25) is 0 Å². The number of nitrogens with zero attached hydrogens (tertiary/aromatic N) is 4. The highest BCUT2D eigenvalue weighted by Gasteiger charge is 2.17. The van der Waals surface area contributed by atoms with E-state index in [4.69, 9.17) is 4.74 Å². The van der Waals surface area contributed by atoms with Crippen LogP contribution in [-0.4, -0.2) is 41.0 Å². The number of hydrogen-bond donors (Lipinski definition) is 2. The number of carbonyl (C=O) groups excluding carboxylic acids is 1. The van der Waals surface area contributed by atoms with E-state index in [9.17, 15) is 4.79 Å². The zero-order valence-corrected chi connectivity index (χ0v) is 21.5. The molecule has 37 heavy (non-hydrogen) atoms. The molecule has 8 nitrogen and oxygen atoms in total. The van der Waals surface area contributed by atoms with Crippen molar-refractivity contribution in [3.63, 3.8) is 0 Å². The van der Waals surface area contributed by atoms with Gasteiger partial charge in [0, 0.05) is 36.8 Å². The fourth-order valence-corrected chi connectivity index (χ4v) is 4.59. The largest absolute Gasteiger partial charge is 0.457 e. The predicted octanol–water partition coefficient (Wildman–Crippen LogP) is 6.00. The van der Waals surface area contributed by atoms with E-state index >= 15 is 0 Å². The van der Waals surface area contributed by atoms with Crippen molar-refractivity contribution < 1.29 is 9.53 Å². The van der Waals surface area contributed by atoms with Gasteiger partial charge in [0.25, 0.3) is 5.91 Å². The van der Waals surface area contributed by atoms with E-state index in [0.717, 1.165) is 46.6 Å². The first-order valence-corrected chi connectivity index (χ1v) is 12.7. The third-order valence-corrected chi connectivity index (χ3v) is 6.69. The lowest BCUT2D eigenvalue weighted by Crippen LogP contribution is -2.36. The number of pyridine rings is 1. The van der Waals surface area contributed by atoms with Crippen LogP contribution in [0.25, 0.3) is 10.9 Å². The van der Waals surface area contributed by atoms with E-state index in [1.54, 1.807) is 6.20 Å². The summed E-state index contributed by atoms with van der Waals surface area (Å²) < 4.78 is 6.11. The first kappa shape index (κ1) is 24.5. The molecular formula is C29H32N6O2. The molecule has 190 valence electrons. The molecular weight excluding hydrogens is 464 g/mol. The van der Waals surface area contributed by atoms with Gasteiger partial charge in [-0.3, -0.25) is 4.79 Å².